The second kappa shape index (κ2) is 4.91. The molecule has 0 unspecified atom stereocenters. The number of halogens is 1. The Labute approximate surface area is 105 Å². The minimum Gasteiger partial charge on any atom is -0.376 e. The van der Waals surface area contributed by atoms with Gasteiger partial charge in [0.05, 0.1) is 18.1 Å². The second-order valence-corrected chi connectivity index (χ2v) is 5.95. The number of morpholine rings is 1. The van der Waals surface area contributed by atoms with Gasteiger partial charge in [0.25, 0.3) is 0 Å². The van der Waals surface area contributed by atoms with Gasteiger partial charge in [-0.3, -0.25) is 0 Å². The first-order valence-corrected chi connectivity index (χ1v) is 6.87. The molecule has 1 aliphatic heterocycles. The van der Waals surface area contributed by atoms with Crippen molar-refractivity contribution in [2.75, 3.05) is 19.8 Å². The van der Waals surface area contributed by atoms with E-state index >= 15 is 0 Å². The van der Waals surface area contributed by atoms with Gasteiger partial charge < -0.3 is 9.84 Å². The van der Waals surface area contributed by atoms with E-state index in [2.05, 4.69) is 0 Å². The van der Waals surface area contributed by atoms with Gasteiger partial charge in [-0.1, -0.05) is 11.6 Å². The van der Waals surface area contributed by atoms with Gasteiger partial charge in [-0.05, 0) is 24.3 Å². The molecule has 1 aliphatic rings. The highest BCUT2D eigenvalue weighted by atomic mass is 35.5. The van der Waals surface area contributed by atoms with E-state index in [0.717, 1.165) is 4.31 Å². The van der Waals surface area contributed by atoms with Crippen molar-refractivity contribution in [3.05, 3.63) is 29.3 Å². The van der Waals surface area contributed by atoms with Crippen molar-refractivity contribution >= 4 is 21.6 Å². The Morgan fingerprint density at radius 3 is 2.59 bits per heavy atom. The number of hydrogen-bond donors (Lipinski definition) is 1. The largest absolute Gasteiger partial charge is 0.376 e. The molecule has 0 aliphatic carbocycles. The van der Waals surface area contributed by atoms with Crippen molar-refractivity contribution < 1.29 is 18.3 Å². The third kappa shape index (κ3) is 2.61. The number of hydrogen-bond acceptors (Lipinski definition) is 4. The van der Waals surface area contributed by atoms with E-state index in [1.807, 2.05) is 0 Å². The normalized spacial score (nSPS) is 22.6. The average molecular weight is 278 g/mol. The molecule has 94 valence electrons. The molecular formula is C10H12ClNO4S. The summed E-state index contributed by atoms with van der Waals surface area (Å²) in [7, 11) is -3.68. The second-order valence-electron chi connectivity index (χ2n) is 3.63. The third-order valence-electron chi connectivity index (χ3n) is 2.48. The van der Waals surface area contributed by atoms with Crippen LogP contribution in [0.4, 0.5) is 0 Å². The minimum absolute atomic E-state index is 0.00712. The molecule has 7 heteroatoms. The van der Waals surface area contributed by atoms with Crippen LogP contribution in [0.2, 0.25) is 5.02 Å². The summed E-state index contributed by atoms with van der Waals surface area (Å²) in [4.78, 5) is 0.114. The molecule has 0 spiro atoms. The van der Waals surface area contributed by atoms with E-state index in [4.69, 9.17) is 16.3 Å². The predicted molar refractivity (Wildman–Crippen MR) is 62.2 cm³/mol. The standard InChI is InChI=1S/C10H12ClNO4S/c11-8-1-3-9(4-2-8)17(14,15)12-5-6-16-7-10(12)13/h1-4,10,13H,5-7H2/t10-/m1/s1. The van der Waals surface area contributed by atoms with Crippen molar-refractivity contribution in [2.45, 2.75) is 11.1 Å². The first-order valence-electron chi connectivity index (χ1n) is 5.05. The molecule has 0 aromatic heterocycles. The fraction of sp³-hybridized carbons (Fsp3) is 0.400. The number of ether oxygens (including phenoxy) is 1. The average Bonchev–Trinajstić information content (AvgIpc) is 2.30. The van der Waals surface area contributed by atoms with Crippen molar-refractivity contribution in [1.82, 2.24) is 4.31 Å². The Morgan fingerprint density at radius 1 is 1.35 bits per heavy atom. The summed E-state index contributed by atoms with van der Waals surface area (Å²) in [5, 5.41) is 10.1. The zero-order valence-corrected chi connectivity index (χ0v) is 10.5. The van der Waals surface area contributed by atoms with Gasteiger partial charge >= 0.3 is 0 Å². The van der Waals surface area contributed by atoms with Gasteiger partial charge in [0, 0.05) is 11.6 Å². The first-order chi connectivity index (χ1) is 8.01. The van der Waals surface area contributed by atoms with Crippen LogP contribution in [0, 0.1) is 0 Å². The zero-order chi connectivity index (χ0) is 12.5. The Hall–Kier alpha value is -0.660. The van der Waals surface area contributed by atoms with Crippen LogP contribution in [0.5, 0.6) is 0 Å². The monoisotopic (exact) mass is 277 g/mol. The topological polar surface area (TPSA) is 66.8 Å². The quantitative estimate of drug-likeness (QED) is 0.863. The molecule has 1 N–H and O–H groups in total. The van der Waals surface area contributed by atoms with E-state index in [1.165, 1.54) is 24.3 Å². The van der Waals surface area contributed by atoms with Gasteiger partial charge in [-0.15, -0.1) is 0 Å². The van der Waals surface area contributed by atoms with E-state index in [1.54, 1.807) is 0 Å². The van der Waals surface area contributed by atoms with Gasteiger partial charge in [0.15, 0.2) is 0 Å². The number of nitrogens with zero attached hydrogens (tertiary/aromatic N) is 1. The maximum Gasteiger partial charge on any atom is 0.245 e. The van der Waals surface area contributed by atoms with E-state index in [0.29, 0.717) is 5.02 Å². The molecule has 1 atom stereocenters. The lowest BCUT2D eigenvalue weighted by Gasteiger charge is -2.30. The Balaban J connectivity index is 2.32. The van der Waals surface area contributed by atoms with Gasteiger partial charge in [-0.25, -0.2) is 8.42 Å². The van der Waals surface area contributed by atoms with Gasteiger partial charge in [0.1, 0.15) is 6.23 Å². The highest BCUT2D eigenvalue weighted by Crippen LogP contribution is 2.21. The summed E-state index contributed by atoms with van der Waals surface area (Å²) in [6.07, 6.45) is -1.13. The van der Waals surface area contributed by atoms with Crippen LogP contribution in [0.25, 0.3) is 0 Å². The lowest BCUT2D eigenvalue weighted by molar-refractivity contribution is -0.0663. The van der Waals surface area contributed by atoms with E-state index in [9.17, 15) is 13.5 Å². The van der Waals surface area contributed by atoms with Crippen LogP contribution in [0.3, 0.4) is 0 Å². The molecular weight excluding hydrogens is 266 g/mol. The molecule has 0 bridgehead atoms. The fourth-order valence-corrected chi connectivity index (χ4v) is 3.17. The van der Waals surface area contributed by atoms with Crippen LogP contribution < -0.4 is 0 Å². The van der Waals surface area contributed by atoms with E-state index < -0.39 is 16.3 Å². The number of sulfonamides is 1. The maximum atomic E-state index is 12.2. The summed E-state index contributed by atoms with van der Waals surface area (Å²) in [6.45, 7) is 0.419. The molecule has 1 aromatic carbocycles. The summed E-state index contributed by atoms with van der Waals surface area (Å²) >= 11 is 5.70. The van der Waals surface area contributed by atoms with Crippen LogP contribution in [0.15, 0.2) is 29.2 Å². The Kier molecular flexibility index (Phi) is 3.70. The molecule has 2 rings (SSSR count). The Bertz CT molecular complexity index is 488. The smallest absolute Gasteiger partial charge is 0.245 e. The third-order valence-corrected chi connectivity index (χ3v) is 4.64. The number of aliphatic hydroxyl groups is 1. The van der Waals surface area contributed by atoms with Crippen LogP contribution >= 0.6 is 11.6 Å². The number of aliphatic hydroxyl groups excluding tert-OH is 1. The van der Waals surface area contributed by atoms with Crippen LogP contribution in [-0.4, -0.2) is 43.8 Å². The lowest BCUT2D eigenvalue weighted by atomic mass is 10.4. The van der Waals surface area contributed by atoms with Crippen LogP contribution in [-0.2, 0) is 14.8 Å². The molecule has 1 aromatic rings. The molecule has 1 saturated heterocycles. The molecule has 0 saturated carbocycles. The fourth-order valence-electron chi connectivity index (χ4n) is 1.60. The SMILES string of the molecule is O=S(=O)(c1ccc(Cl)cc1)N1CCOC[C@H]1O. The van der Waals surface area contributed by atoms with Gasteiger partial charge in [0.2, 0.25) is 10.0 Å². The number of benzene rings is 1. The summed E-state index contributed by atoms with van der Waals surface area (Å²) in [5.74, 6) is 0. The molecule has 5 nitrogen and oxygen atoms in total. The van der Waals surface area contributed by atoms with E-state index in [-0.39, 0.29) is 24.7 Å². The highest BCUT2D eigenvalue weighted by molar-refractivity contribution is 7.89. The predicted octanol–water partition coefficient (Wildman–Crippen LogP) is 0.679. The van der Waals surface area contributed by atoms with Crippen LogP contribution in [0.1, 0.15) is 0 Å². The zero-order valence-electron chi connectivity index (χ0n) is 8.91. The van der Waals surface area contributed by atoms with Crippen molar-refractivity contribution in [2.24, 2.45) is 0 Å². The minimum atomic E-state index is -3.68. The first kappa shape index (κ1) is 12.8. The van der Waals surface area contributed by atoms with Crippen molar-refractivity contribution in [3.8, 4) is 0 Å². The molecule has 0 amide bonds. The summed E-state index contributed by atoms with van der Waals surface area (Å²) < 4.78 is 30.4. The summed E-state index contributed by atoms with van der Waals surface area (Å²) in [5.41, 5.74) is 0. The molecule has 17 heavy (non-hydrogen) atoms. The lowest BCUT2D eigenvalue weighted by Crippen LogP contribution is -2.48. The van der Waals surface area contributed by atoms with Crippen molar-refractivity contribution in [1.29, 1.82) is 0 Å². The number of rotatable bonds is 2. The van der Waals surface area contributed by atoms with Crippen molar-refractivity contribution in [3.63, 3.8) is 0 Å². The molecule has 1 fully saturated rings. The molecule has 1 heterocycles. The summed E-state index contributed by atoms with van der Waals surface area (Å²) in [6, 6.07) is 5.84. The maximum absolute atomic E-state index is 12.2. The molecule has 0 radical (unpaired) electrons. The Morgan fingerprint density at radius 2 is 2.00 bits per heavy atom. The van der Waals surface area contributed by atoms with Gasteiger partial charge in [-0.2, -0.15) is 4.31 Å². The highest BCUT2D eigenvalue weighted by Gasteiger charge is 2.32.